The summed E-state index contributed by atoms with van der Waals surface area (Å²) in [4.78, 5) is 7.44. The van der Waals surface area contributed by atoms with Gasteiger partial charge in [0.05, 0.1) is 0 Å². The molecule has 1 aromatic rings. The fourth-order valence-corrected chi connectivity index (χ4v) is 0.253. The molecule has 0 saturated heterocycles. The van der Waals surface area contributed by atoms with E-state index in [-0.39, 0.29) is 0 Å². The Labute approximate surface area is 37.1 Å². The van der Waals surface area contributed by atoms with Crippen LogP contribution in [0.4, 0.5) is 0 Å². The van der Waals surface area contributed by atoms with Crippen molar-refractivity contribution < 1.29 is 0 Å². The molecule has 26 valence electrons. The predicted octanol–water partition coefficient (Wildman–Crippen LogP) is -0.847. The molecule has 0 fully saturated rings. The Morgan fingerprint density at radius 1 is 1.00 bits per heavy atom. The van der Waals surface area contributed by atoms with Crippen LogP contribution in [0.3, 0.4) is 0 Å². The van der Waals surface area contributed by atoms with Gasteiger partial charge in [-0.15, -0.1) is 0 Å². The molecule has 2 nitrogen and oxygen atoms in total. The van der Waals surface area contributed by atoms with Gasteiger partial charge in [-0.3, -0.25) is 0 Å². The summed E-state index contributed by atoms with van der Waals surface area (Å²) in [6, 6.07) is 0. The van der Waals surface area contributed by atoms with Crippen LogP contribution in [0, 0.1) is 0 Å². The van der Waals surface area contributed by atoms with Crippen LogP contribution in [0.5, 0.6) is 0 Å². The van der Waals surface area contributed by atoms with Gasteiger partial charge < -0.3 is 0 Å². The van der Waals surface area contributed by atoms with Gasteiger partial charge in [0.15, 0.2) is 0 Å². The second kappa shape index (κ2) is 1.80. The Bertz CT molecular complexity index is 81.5. The monoisotopic (exact) mass is 76.0 g/mol. The summed E-state index contributed by atoms with van der Waals surface area (Å²) in [5.74, 6) is 0. The van der Waals surface area contributed by atoms with Crippen LogP contribution in [0.25, 0.3) is 0 Å². The summed E-state index contributed by atoms with van der Waals surface area (Å²) in [6.07, 6.45) is 3.28. The first-order valence-corrected chi connectivity index (χ1v) is 1.70. The van der Waals surface area contributed by atoms with Crippen LogP contribution in [-0.2, 0) is 0 Å². The number of nitrogens with zero attached hydrogens (tertiary/aromatic N) is 2. The van der Waals surface area contributed by atoms with Crippen molar-refractivity contribution >= 4 is 14.1 Å². The van der Waals surface area contributed by atoms with E-state index in [1.54, 1.807) is 26.3 Å². The Hall–Kier alpha value is -0.530. The van der Waals surface area contributed by atoms with E-state index < -0.39 is 0 Å². The zero-order valence-electron chi connectivity index (χ0n) is 3.20. The molecule has 0 spiro atoms. The summed E-state index contributed by atoms with van der Waals surface area (Å²) in [6.45, 7) is 0. The van der Waals surface area contributed by atoms with Crippen LogP contribution in [0.1, 0.15) is 0 Å². The van der Waals surface area contributed by atoms with Gasteiger partial charge in [-0.1, -0.05) is 0 Å². The summed E-state index contributed by atoms with van der Waals surface area (Å²) in [5, 5.41) is 0. The number of aromatic nitrogens is 2. The van der Waals surface area contributed by atoms with Gasteiger partial charge in [0.2, 0.25) is 0 Å². The van der Waals surface area contributed by atoms with Crippen molar-refractivity contribution in [3.8, 4) is 0 Å². The van der Waals surface area contributed by atoms with Crippen LogP contribution in [-0.4, -0.2) is 23.9 Å². The minimum absolute atomic E-state index is 1.64. The van der Waals surface area contributed by atoms with E-state index in [0.29, 0.717) is 0 Å². The maximum absolute atomic E-state index is 3.72. The van der Waals surface area contributed by atoms with Crippen molar-refractivity contribution in [2.75, 3.05) is 0 Å². The Balaban J connectivity index is 3.00. The molecule has 0 amide bonds. The van der Waals surface area contributed by atoms with E-state index in [9.17, 15) is 0 Å². The van der Waals surface area contributed by atoms with Crippen molar-refractivity contribution in [3.63, 3.8) is 0 Å². The first-order valence-electron chi connectivity index (χ1n) is 1.70. The number of hydrogen-bond donors (Lipinski definition) is 0. The van der Waals surface area contributed by atoms with E-state index in [1.807, 2.05) is 0 Å². The van der Waals surface area contributed by atoms with Gasteiger partial charge in [0, 0.05) is 0 Å². The fourth-order valence-electron chi connectivity index (χ4n) is 0.253. The van der Waals surface area contributed by atoms with Gasteiger partial charge in [0.1, 0.15) is 0 Å². The van der Waals surface area contributed by atoms with Crippen molar-refractivity contribution in [1.82, 2.24) is 9.78 Å². The SMILES string of the molecule is b1cnbcn1. The predicted molar refractivity (Wildman–Crippen MR) is 24.7 cm³/mol. The van der Waals surface area contributed by atoms with E-state index in [0.717, 1.165) is 0 Å². The third-order valence-electron chi connectivity index (χ3n) is 0.478. The topological polar surface area (TPSA) is 25.8 Å². The van der Waals surface area contributed by atoms with Crippen LogP contribution in [0.15, 0.2) is 12.2 Å². The summed E-state index contributed by atoms with van der Waals surface area (Å²) in [7, 11) is 3.28. The van der Waals surface area contributed by atoms with E-state index in [2.05, 4.69) is 9.78 Å². The normalized spacial score (nSPS) is 6.67. The van der Waals surface area contributed by atoms with Gasteiger partial charge in [-0.2, -0.15) is 0 Å². The van der Waals surface area contributed by atoms with Gasteiger partial charge in [0.25, 0.3) is 0 Å². The number of rotatable bonds is 0. The molecule has 0 radical (unpaired) electrons. The summed E-state index contributed by atoms with van der Waals surface area (Å²) < 4.78 is 0. The first kappa shape index (κ1) is 3.65. The zero-order valence-corrected chi connectivity index (χ0v) is 3.20. The van der Waals surface area contributed by atoms with E-state index >= 15 is 0 Å². The third-order valence-corrected chi connectivity index (χ3v) is 0.478. The zero-order chi connectivity index (χ0) is 4.24. The van der Waals surface area contributed by atoms with Crippen LogP contribution >= 0.6 is 0 Å². The van der Waals surface area contributed by atoms with E-state index in [4.69, 9.17) is 0 Å². The molecule has 6 heavy (non-hydrogen) atoms. The number of hydrogen-bond acceptors (Lipinski definition) is 2. The molecule has 0 saturated carbocycles. The average Bonchev–Trinajstić information content (AvgIpc) is 1.72. The molecule has 0 aliphatic rings. The molecule has 1 rings (SSSR count). The van der Waals surface area contributed by atoms with Gasteiger partial charge >= 0.3 is 36.1 Å². The molecular weight excluding hydrogens is 73.7 g/mol. The maximum atomic E-state index is 3.72. The Kier molecular flexibility index (Phi) is 1.10. The van der Waals surface area contributed by atoms with Crippen molar-refractivity contribution in [1.29, 1.82) is 0 Å². The van der Waals surface area contributed by atoms with Gasteiger partial charge in [-0.05, 0) is 0 Å². The summed E-state index contributed by atoms with van der Waals surface area (Å²) >= 11 is 0. The molecule has 0 unspecified atom stereocenters. The first-order chi connectivity index (χ1) is 3.00. The second-order valence-corrected chi connectivity index (χ2v) is 0.894. The minimum atomic E-state index is 1.64. The molecule has 1 aromatic heterocycles. The van der Waals surface area contributed by atoms with Crippen molar-refractivity contribution in [2.45, 2.75) is 0 Å². The average molecular weight is 75.7 g/mol. The molecule has 0 aromatic carbocycles. The standard InChI is InChI=1S/C2H2B2N2/c1-3-6-2-4-5-1/h1-2H. The Morgan fingerprint density at radius 3 is 1.67 bits per heavy atom. The molecule has 0 N–H and O–H groups in total. The van der Waals surface area contributed by atoms with E-state index in [1.165, 1.54) is 0 Å². The molecular formula is C2H2B2N2. The summed E-state index contributed by atoms with van der Waals surface area (Å²) in [5.41, 5.74) is 0. The van der Waals surface area contributed by atoms with Crippen molar-refractivity contribution in [2.24, 2.45) is 0 Å². The molecule has 1 heterocycles. The fraction of sp³-hybridized carbons (Fsp3) is 0. The second-order valence-electron chi connectivity index (χ2n) is 0.894. The molecule has 0 aliphatic heterocycles. The van der Waals surface area contributed by atoms with Gasteiger partial charge in [-0.25, -0.2) is 0 Å². The third kappa shape index (κ3) is 0.707. The molecule has 0 atom stereocenters. The quantitative estimate of drug-likeness (QED) is 0.402. The van der Waals surface area contributed by atoms with Crippen LogP contribution in [0.2, 0.25) is 0 Å². The van der Waals surface area contributed by atoms with Crippen molar-refractivity contribution in [3.05, 3.63) is 12.2 Å². The Morgan fingerprint density at radius 2 is 1.50 bits per heavy atom. The molecule has 4 heteroatoms. The van der Waals surface area contributed by atoms with Crippen LogP contribution < -0.4 is 0 Å². The molecule has 0 bridgehead atoms. The molecule has 0 aliphatic carbocycles.